The predicted octanol–water partition coefficient (Wildman–Crippen LogP) is 4.86. The lowest BCUT2D eigenvalue weighted by atomic mass is 9.99. The van der Waals surface area contributed by atoms with Crippen LogP contribution in [0.1, 0.15) is 16.7 Å². The van der Waals surface area contributed by atoms with Crippen molar-refractivity contribution < 1.29 is 9.13 Å². The quantitative estimate of drug-likeness (QED) is 0.703. The Bertz CT molecular complexity index is 785. The van der Waals surface area contributed by atoms with E-state index in [9.17, 15) is 4.39 Å². The van der Waals surface area contributed by atoms with Gasteiger partial charge in [0.2, 0.25) is 0 Å². The smallest absolute Gasteiger partial charge is 0.127 e. The number of hydrogen-bond acceptors (Lipinski definition) is 2. The molecular weight excluding hydrogens is 301 g/mol. The highest BCUT2D eigenvalue weighted by molar-refractivity contribution is 5.39. The van der Waals surface area contributed by atoms with Crippen molar-refractivity contribution in [2.45, 2.75) is 19.4 Å². The summed E-state index contributed by atoms with van der Waals surface area (Å²) in [5.41, 5.74) is 9.46. The van der Waals surface area contributed by atoms with Crippen LogP contribution in [0.15, 0.2) is 72.8 Å². The normalized spacial score (nSPS) is 10.6. The molecule has 3 aromatic rings. The fraction of sp³-hybridized carbons (Fsp3) is 0.143. The number of benzene rings is 3. The van der Waals surface area contributed by atoms with Gasteiger partial charge in [0.05, 0.1) is 0 Å². The van der Waals surface area contributed by atoms with Gasteiger partial charge in [0.15, 0.2) is 0 Å². The van der Waals surface area contributed by atoms with Gasteiger partial charge in [-0.05, 0) is 65.9 Å². The third-order valence-electron chi connectivity index (χ3n) is 3.97. The molecule has 0 spiro atoms. The van der Waals surface area contributed by atoms with E-state index in [0.29, 0.717) is 12.3 Å². The van der Waals surface area contributed by atoms with Crippen molar-refractivity contribution in [3.63, 3.8) is 0 Å². The molecule has 0 heterocycles. The number of nitrogens with two attached hydrogens (primary N) is 1. The van der Waals surface area contributed by atoms with Crippen molar-refractivity contribution in [3.8, 4) is 11.5 Å². The standard InChI is InChI=1S/C21H20FNO/c22-19-9-12-20(13-10-19)24-21-11-8-18(15-23)17(14-21)7-6-16-4-2-1-3-5-16/h1-5,8-14H,6-7,15,23H2. The van der Waals surface area contributed by atoms with E-state index in [2.05, 4.69) is 12.1 Å². The first-order valence-corrected chi connectivity index (χ1v) is 8.04. The second kappa shape index (κ2) is 7.75. The summed E-state index contributed by atoms with van der Waals surface area (Å²) < 4.78 is 18.8. The molecule has 3 heteroatoms. The summed E-state index contributed by atoms with van der Waals surface area (Å²) in [6.45, 7) is 0.501. The SMILES string of the molecule is NCc1ccc(Oc2ccc(F)cc2)cc1CCc1ccccc1. The molecule has 0 saturated heterocycles. The zero-order valence-corrected chi connectivity index (χ0v) is 13.4. The van der Waals surface area contributed by atoms with Gasteiger partial charge in [0.25, 0.3) is 0 Å². The maximum absolute atomic E-state index is 13.0. The third-order valence-corrected chi connectivity index (χ3v) is 3.97. The van der Waals surface area contributed by atoms with Crippen molar-refractivity contribution in [2.75, 3.05) is 0 Å². The number of aryl methyl sites for hydroxylation is 2. The topological polar surface area (TPSA) is 35.2 Å². The first-order chi connectivity index (χ1) is 11.7. The minimum absolute atomic E-state index is 0.274. The van der Waals surface area contributed by atoms with Crippen LogP contribution in [0, 0.1) is 5.82 Å². The molecule has 0 fully saturated rings. The highest BCUT2D eigenvalue weighted by Crippen LogP contribution is 2.25. The molecule has 0 aromatic heterocycles. The van der Waals surface area contributed by atoms with Gasteiger partial charge in [-0.15, -0.1) is 0 Å². The Kier molecular flexibility index (Phi) is 5.24. The van der Waals surface area contributed by atoms with E-state index in [1.165, 1.54) is 23.3 Å². The van der Waals surface area contributed by atoms with Crippen LogP contribution >= 0.6 is 0 Å². The van der Waals surface area contributed by atoms with Crippen molar-refractivity contribution in [1.29, 1.82) is 0 Å². The summed E-state index contributed by atoms with van der Waals surface area (Å²) >= 11 is 0. The summed E-state index contributed by atoms with van der Waals surface area (Å²) in [7, 11) is 0. The Labute approximate surface area is 141 Å². The number of rotatable bonds is 6. The van der Waals surface area contributed by atoms with Crippen LogP contribution < -0.4 is 10.5 Å². The highest BCUT2D eigenvalue weighted by Gasteiger charge is 2.06. The van der Waals surface area contributed by atoms with Gasteiger partial charge in [0, 0.05) is 6.54 Å². The minimum Gasteiger partial charge on any atom is -0.457 e. The third kappa shape index (κ3) is 4.21. The average molecular weight is 321 g/mol. The summed E-state index contributed by atoms with van der Waals surface area (Å²) in [6.07, 6.45) is 1.85. The maximum Gasteiger partial charge on any atom is 0.127 e. The molecule has 122 valence electrons. The predicted molar refractivity (Wildman–Crippen MR) is 94.7 cm³/mol. The van der Waals surface area contributed by atoms with E-state index < -0.39 is 0 Å². The van der Waals surface area contributed by atoms with Gasteiger partial charge >= 0.3 is 0 Å². The van der Waals surface area contributed by atoms with Crippen LogP contribution in [0.5, 0.6) is 11.5 Å². The Balaban J connectivity index is 1.76. The van der Waals surface area contributed by atoms with E-state index in [1.54, 1.807) is 12.1 Å². The van der Waals surface area contributed by atoms with Crippen LogP contribution in [0.4, 0.5) is 4.39 Å². The molecule has 0 aliphatic rings. The zero-order valence-electron chi connectivity index (χ0n) is 13.4. The molecule has 3 rings (SSSR count). The first kappa shape index (κ1) is 16.2. The van der Waals surface area contributed by atoms with Crippen LogP contribution in [0.3, 0.4) is 0 Å². The lowest BCUT2D eigenvalue weighted by Gasteiger charge is -2.12. The van der Waals surface area contributed by atoms with Crippen molar-refractivity contribution in [3.05, 3.63) is 95.3 Å². The second-order valence-corrected chi connectivity index (χ2v) is 5.68. The van der Waals surface area contributed by atoms with Gasteiger partial charge < -0.3 is 10.5 Å². The minimum atomic E-state index is -0.274. The van der Waals surface area contributed by atoms with E-state index in [0.717, 1.165) is 24.2 Å². The van der Waals surface area contributed by atoms with E-state index in [4.69, 9.17) is 10.5 Å². The van der Waals surface area contributed by atoms with Gasteiger partial charge in [-0.1, -0.05) is 36.4 Å². The fourth-order valence-corrected chi connectivity index (χ4v) is 2.66. The molecule has 0 aliphatic carbocycles. The van der Waals surface area contributed by atoms with E-state index >= 15 is 0 Å². The molecule has 0 amide bonds. The molecule has 0 aliphatic heterocycles. The molecule has 3 aromatic carbocycles. The largest absolute Gasteiger partial charge is 0.457 e. The zero-order chi connectivity index (χ0) is 16.8. The molecule has 0 bridgehead atoms. The number of hydrogen-bond donors (Lipinski definition) is 1. The molecular formula is C21H20FNO. The van der Waals surface area contributed by atoms with Gasteiger partial charge in [0.1, 0.15) is 17.3 Å². The molecule has 24 heavy (non-hydrogen) atoms. The molecule has 2 N–H and O–H groups in total. The second-order valence-electron chi connectivity index (χ2n) is 5.68. The Morgan fingerprint density at radius 3 is 2.17 bits per heavy atom. The van der Waals surface area contributed by atoms with Crippen LogP contribution in [-0.4, -0.2) is 0 Å². The summed E-state index contributed by atoms with van der Waals surface area (Å²) in [6, 6.07) is 22.3. The summed E-state index contributed by atoms with van der Waals surface area (Å²) in [5.74, 6) is 1.08. The van der Waals surface area contributed by atoms with Crippen LogP contribution in [0.25, 0.3) is 0 Å². The molecule has 0 saturated carbocycles. The highest BCUT2D eigenvalue weighted by atomic mass is 19.1. The Morgan fingerprint density at radius 1 is 0.750 bits per heavy atom. The maximum atomic E-state index is 13.0. The fourth-order valence-electron chi connectivity index (χ4n) is 2.66. The Morgan fingerprint density at radius 2 is 1.46 bits per heavy atom. The van der Waals surface area contributed by atoms with Crippen LogP contribution in [-0.2, 0) is 19.4 Å². The van der Waals surface area contributed by atoms with Gasteiger partial charge in [-0.25, -0.2) is 4.39 Å². The monoisotopic (exact) mass is 321 g/mol. The van der Waals surface area contributed by atoms with Gasteiger partial charge in [-0.3, -0.25) is 0 Å². The molecule has 0 unspecified atom stereocenters. The number of halogens is 1. The van der Waals surface area contributed by atoms with Crippen molar-refractivity contribution in [2.24, 2.45) is 5.73 Å². The van der Waals surface area contributed by atoms with Crippen molar-refractivity contribution >= 4 is 0 Å². The molecule has 0 atom stereocenters. The summed E-state index contributed by atoms with van der Waals surface area (Å²) in [5, 5.41) is 0. The Hall–Kier alpha value is -2.65. The van der Waals surface area contributed by atoms with E-state index in [-0.39, 0.29) is 5.82 Å². The van der Waals surface area contributed by atoms with E-state index in [1.807, 2.05) is 36.4 Å². The lowest BCUT2D eigenvalue weighted by molar-refractivity contribution is 0.479. The summed E-state index contributed by atoms with van der Waals surface area (Å²) in [4.78, 5) is 0. The molecule has 0 radical (unpaired) electrons. The number of ether oxygens (including phenoxy) is 1. The molecule has 2 nitrogen and oxygen atoms in total. The lowest BCUT2D eigenvalue weighted by Crippen LogP contribution is -2.03. The first-order valence-electron chi connectivity index (χ1n) is 8.04. The average Bonchev–Trinajstić information content (AvgIpc) is 2.63. The van der Waals surface area contributed by atoms with Crippen molar-refractivity contribution in [1.82, 2.24) is 0 Å². The van der Waals surface area contributed by atoms with Gasteiger partial charge in [-0.2, -0.15) is 0 Å². The van der Waals surface area contributed by atoms with Crippen LogP contribution in [0.2, 0.25) is 0 Å².